The molecule has 0 radical (unpaired) electrons. The molecule has 4 nitrogen and oxygen atoms in total. The molecule has 1 aliphatic carbocycles. The first kappa shape index (κ1) is 18.9. The summed E-state index contributed by atoms with van der Waals surface area (Å²) in [6.45, 7) is 10.0. The molecule has 1 rings (SSSR count). The smallest absolute Gasteiger partial charge is 0.150 e. The molecular formula is C16H33NO3S. The molecule has 0 saturated heterocycles. The van der Waals surface area contributed by atoms with Crippen molar-refractivity contribution >= 4 is 9.84 Å². The highest BCUT2D eigenvalue weighted by Gasteiger charge is 2.41. The Morgan fingerprint density at radius 1 is 1.29 bits per heavy atom. The average molecular weight is 320 g/mol. The van der Waals surface area contributed by atoms with Gasteiger partial charge in [0.05, 0.1) is 10.9 Å². The second kappa shape index (κ2) is 7.93. The van der Waals surface area contributed by atoms with Crippen molar-refractivity contribution in [3.63, 3.8) is 0 Å². The van der Waals surface area contributed by atoms with Crippen LogP contribution in [0.3, 0.4) is 0 Å². The molecule has 0 aliphatic heterocycles. The summed E-state index contributed by atoms with van der Waals surface area (Å²) in [4.78, 5) is 0. The molecule has 0 heterocycles. The minimum Gasteiger partial charge on any atom is -0.374 e. The normalized spacial score (nSPS) is 28.0. The van der Waals surface area contributed by atoms with Crippen LogP contribution in [0, 0.1) is 5.92 Å². The Labute approximate surface area is 130 Å². The Morgan fingerprint density at radius 3 is 2.43 bits per heavy atom. The van der Waals surface area contributed by atoms with Crippen LogP contribution in [0.4, 0.5) is 0 Å². The van der Waals surface area contributed by atoms with Crippen LogP contribution in [0.1, 0.15) is 59.8 Å². The third-order valence-corrected chi connectivity index (χ3v) is 6.64. The van der Waals surface area contributed by atoms with Gasteiger partial charge in [-0.2, -0.15) is 0 Å². The minimum atomic E-state index is -2.94. The Balaban J connectivity index is 2.94. The van der Waals surface area contributed by atoms with E-state index in [1.165, 1.54) is 6.26 Å². The number of hydrogen-bond acceptors (Lipinski definition) is 4. The molecular weight excluding hydrogens is 286 g/mol. The Hall–Kier alpha value is -0.130. The summed E-state index contributed by atoms with van der Waals surface area (Å²) >= 11 is 0. The van der Waals surface area contributed by atoms with Gasteiger partial charge >= 0.3 is 0 Å². The summed E-state index contributed by atoms with van der Waals surface area (Å²) < 4.78 is 29.9. The van der Waals surface area contributed by atoms with Crippen molar-refractivity contribution in [3.05, 3.63) is 0 Å². The van der Waals surface area contributed by atoms with Crippen LogP contribution in [0.5, 0.6) is 0 Å². The van der Waals surface area contributed by atoms with E-state index in [9.17, 15) is 8.42 Å². The summed E-state index contributed by atoms with van der Waals surface area (Å²) in [5.74, 6) is 0.370. The van der Waals surface area contributed by atoms with Gasteiger partial charge < -0.3 is 10.1 Å². The first-order valence-electron chi connectivity index (χ1n) is 8.34. The molecule has 126 valence electrons. The topological polar surface area (TPSA) is 55.4 Å². The standard InChI is InChI=1S/C16H33NO3S/c1-6-16(4,20-8-3)15(17-7-2)13-10-9-11-14(12-13)21(5,18)19/h13-15,17H,6-12H2,1-5H3. The first-order chi connectivity index (χ1) is 9.78. The molecule has 21 heavy (non-hydrogen) atoms. The predicted molar refractivity (Wildman–Crippen MR) is 88.4 cm³/mol. The first-order valence-corrected chi connectivity index (χ1v) is 10.3. The highest BCUT2D eigenvalue weighted by molar-refractivity contribution is 7.91. The van der Waals surface area contributed by atoms with Crippen LogP contribution >= 0.6 is 0 Å². The Bertz CT molecular complexity index is 410. The SMILES string of the molecule is CCNC(C1CCCC(S(C)(=O)=O)C1)C(C)(CC)OCC. The molecule has 4 atom stereocenters. The van der Waals surface area contributed by atoms with Gasteiger partial charge in [0, 0.05) is 18.9 Å². The van der Waals surface area contributed by atoms with Crippen molar-refractivity contribution in [1.29, 1.82) is 0 Å². The fourth-order valence-electron chi connectivity index (χ4n) is 3.72. The lowest BCUT2D eigenvalue weighted by Crippen LogP contribution is -2.55. The van der Waals surface area contributed by atoms with Crippen molar-refractivity contribution < 1.29 is 13.2 Å². The van der Waals surface area contributed by atoms with Crippen LogP contribution in [0.25, 0.3) is 0 Å². The van der Waals surface area contributed by atoms with Gasteiger partial charge in [-0.05, 0) is 52.0 Å². The number of sulfone groups is 1. The fraction of sp³-hybridized carbons (Fsp3) is 1.00. The summed E-state index contributed by atoms with van der Waals surface area (Å²) in [6.07, 6.45) is 5.97. The molecule has 1 fully saturated rings. The van der Waals surface area contributed by atoms with E-state index >= 15 is 0 Å². The lowest BCUT2D eigenvalue weighted by molar-refractivity contribution is -0.0724. The zero-order chi connectivity index (χ0) is 16.1. The third kappa shape index (κ3) is 4.93. The van der Waals surface area contributed by atoms with E-state index in [2.05, 4.69) is 26.1 Å². The van der Waals surface area contributed by atoms with E-state index < -0.39 is 9.84 Å². The van der Waals surface area contributed by atoms with Crippen LogP contribution in [0.15, 0.2) is 0 Å². The summed E-state index contributed by atoms with van der Waals surface area (Å²) in [5, 5.41) is 3.40. The fourth-order valence-corrected chi connectivity index (χ4v) is 4.91. The molecule has 1 N–H and O–H groups in total. The highest BCUT2D eigenvalue weighted by Crippen LogP contribution is 2.36. The number of likely N-dealkylation sites (N-methyl/N-ethyl adjacent to an activating group) is 1. The van der Waals surface area contributed by atoms with Crippen molar-refractivity contribution in [2.24, 2.45) is 5.92 Å². The average Bonchev–Trinajstić information content (AvgIpc) is 2.44. The number of hydrogen-bond donors (Lipinski definition) is 1. The van der Waals surface area contributed by atoms with Crippen LogP contribution < -0.4 is 5.32 Å². The van der Waals surface area contributed by atoms with Gasteiger partial charge in [-0.3, -0.25) is 0 Å². The molecule has 1 aliphatic rings. The lowest BCUT2D eigenvalue weighted by atomic mass is 9.76. The van der Waals surface area contributed by atoms with Gasteiger partial charge in [0.2, 0.25) is 0 Å². The maximum Gasteiger partial charge on any atom is 0.150 e. The molecule has 5 heteroatoms. The maximum atomic E-state index is 11.9. The van der Waals surface area contributed by atoms with Crippen molar-refractivity contribution in [1.82, 2.24) is 5.32 Å². The monoisotopic (exact) mass is 319 g/mol. The maximum absolute atomic E-state index is 11.9. The number of ether oxygens (including phenoxy) is 1. The molecule has 0 aromatic heterocycles. The minimum absolute atomic E-state index is 0.180. The van der Waals surface area contributed by atoms with Crippen LogP contribution in [-0.4, -0.2) is 44.7 Å². The predicted octanol–water partition coefficient (Wildman–Crippen LogP) is 2.77. The van der Waals surface area contributed by atoms with E-state index in [-0.39, 0.29) is 16.9 Å². The van der Waals surface area contributed by atoms with E-state index in [0.29, 0.717) is 12.5 Å². The molecule has 0 aromatic rings. The van der Waals surface area contributed by atoms with E-state index in [0.717, 1.165) is 38.6 Å². The molecule has 1 saturated carbocycles. The van der Waals surface area contributed by atoms with Crippen molar-refractivity contribution in [2.45, 2.75) is 76.7 Å². The Kier molecular flexibility index (Phi) is 7.14. The molecule has 0 bridgehead atoms. The van der Waals surface area contributed by atoms with Crippen molar-refractivity contribution in [3.8, 4) is 0 Å². The van der Waals surface area contributed by atoms with E-state index in [4.69, 9.17) is 4.74 Å². The van der Waals surface area contributed by atoms with Gasteiger partial charge in [-0.15, -0.1) is 0 Å². The number of rotatable bonds is 8. The molecule has 0 aromatic carbocycles. The molecule has 0 amide bonds. The van der Waals surface area contributed by atoms with Crippen molar-refractivity contribution in [2.75, 3.05) is 19.4 Å². The van der Waals surface area contributed by atoms with Crippen LogP contribution in [-0.2, 0) is 14.6 Å². The van der Waals surface area contributed by atoms with Gasteiger partial charge in [0.25, 0.3) is 0 Å². The number of nitrogens with one attached hydrogen (secondary N) is 1. The van der Waals surface area contributed by atoms with E-state index in [1.54, 1.807) is 0 Å². The van der Waals surface area contributed by atoms with Gasteiger partial charge in [-0.25, -0.2) is 8.42 Å². The zero-order valence-corrected chi connectivity index (χ0v) is 15.1. The molecule has 0 spiro atoms. The second-order valence-corrected chi connectivity index (χ2v) is 8.84. The summed E-state index contributed by atoms with van der Waals surface area (Å²) in [7, 11) is -2.94. The van der Waals surface area contributed by atoms with Gasteiger partial charge in [-0.1, -0.05) is 20.3 Å². The Morgan fingerprint density at radius 2 is 1.95 bits per heavy atom. The highest BCUT2D eigenvalue weighted by atomic mass is 32.2. The molecule has 4 unspecified atom stereocenters. The van der Waals surface area contributed by atoms with Gasteiger partial charge in [0.15, 0.2) is 0 Å². The van der Waals surface area contributed by atoms with Gasteiger partial charge in [0.1, 0.15) is 9.84 Å². The summed E-state index contributed by atoms with van der Waals surface area (Å²) in [5.41, 5.74) is -0.227. The quantitative estimate of drug-likeness (QED) is 0.747. The lowest BCUT2D eigenvalue weighted by Gasteiger charge is -2.44. The van der Waals surface area contributed by atoms with E-state index in [1.807, 2.05) is 6.92 Å². The second-order valence-electron chi connectivity index (χ2n) is 6.51. The third-order valence-electron chi connectivity index (χ3n) is 5.00. The van der Waals surface area contributed by atoms with Crippen LogP contribution in [0.2, 0.25) is 0 Å². The zero-order valence-electron chi connectivity index (χ0n) is 14.3. The largest absolute Gasteiger partial charge is 0.374 e. The summed E-state index contributed by atoms with van der Waals surface area (Å²) in [6, 6.07) is 0.219.